The van der Waals surface area contributed by atoms with Crippen molar-refractivity contribution in [2.45, 2.75) is 0 Å². The number of nitrogens with zero attached hydrogens (tertiary/aromatic N) is 4. The molecule has 0 fully saturated rings. The molecule has 0 saturated carbocycles. The van der Waals surface area contributed by atoms with Crippen LogP contribution in [0.25, 0.3) is 39.4 Å². The fraction of sp³-hybridized carbons (Fsp3) is 0.0455. The van der Waals surface area contributed by atoms with Crippen molar-refractivity contribution in [3.05, 3.63) is 77.3 Å². The molecule has 0 saturated heterocycles. The summed E-state index contributed by atoms with van der Waals surface area (Å²) < 4.78 is 8.35. The van der Waals surface area contributed by atoms with Crippen LogP contribution in [0.4, 0.5) is 0 Å². The molecule has 0 bridgehead atoms. The zero-order chi connectivity index (χ0) is 19.1. The van der Waals surface area contributed by atoms with E-state index in [9.17, 15) is 0 Å². The minimum atomic E-state index is 0.618. The van der Waals surface area contributed by atoms with E-state index in [-0.39, 0.29) is 0 Å². The van der Waals surface area contributed by atoms with Gasteiger partial charge in [0.15, 0.2) is 11.3 Å². The molecule has 3 aromatic carbocycles. The number of fused-ring (bicyclic) bond motifs is 2. The fourth-order valence-corrected chi connectivity index (χ4v) is 3.49. The standard InChI is InChI=1S/C22H15BrN4O/c1-28-17-12-6-14(7-13-17)21-26-20-22(25-19-5-3-2-4-18(19)24-20)27(21)16-10-8-15(23)9-11-16/h2-13H,1H3. The molecule has 0 radical (unpaired) electrons. The number of aromatic nitrogens is 4. The van der Waals surface area contributed by atoms with Gasteiger partial charge in [0.1, 0.15) is 11.6 Å². The van der Waals surface area contributed by atoms with E-state index in [1.807, 2.05) is 77.4 Å². The van der Waals surface area contributed by atoms with E-state index in [0.717, 1.165) is 44.0 Å². The van der Waals surface area contributed by atoms with Gasteiger partial charge in [-0.1, -0.05) is 28.1 Å². The van der Waals surface area contributed by atoms with Gasteiger partial charge in [-0.2, -0.15) is 0 Å². The highest BCUT2D eigenvalue weighted by atomic mass is 79.9. The average Bonchev–Trinajstić information content (AvgIpc) is 3.11. The molecule has 2 heterocycles. The van der Waals surface area contributed by atoms with Gasteiger partial charge in [-0.15, -0.1) is 0 Å². The molecule has 28 heavy (non-hydrogen) atoms. The van der Waals surface area contributed by atoms with Crippen LogP contribution in [0, 0.1) is 0 Å². The van der Waals surface area contributed by atoms with Crippen LogP contribution in [0.3, 0.4) is 0 Å². The summed E-state index contributed by atoms with van der Waals surface area (Å²) in [5.74, 6) is 1.59. The second-order valence-electron chi connectivity index (χ2n) is 6.34. The van der Waals surface area contributed by atoms with Crippen molar-refractivity contribution in [2.24, 2.45) is 0 Å². The van der Waals surface area contributed by atoms with E-state index in [1.54, 1.807) is 7.11 Å². The molecule has 0 atom stereocenters. The summed E-state index contributed by atoms with van der Waals surface area (Å²) in [4.78, 5) is 14.4. The van der Waals surface area contributed by atoms with Crippen molar-refractivity contribution in [2.75, 3.05) is 7.11 Å². The van der Waals surface area contributed by atoms with Crippen LogP contribution in [0.5, 0.6) is 5.75 Å². The maximum absolute atomic E-state index is 5.29. The lowest BCUT2D eigenvalue weighted by Gasteiger charge is -2.09. The van der Waals surface area contributed by atoms with E-state index in [0.29, 0.717) is 5.65 Å². The third kappa shape index (κ3) is 2.82. The molecule has 0 unspecified atom stereocenters. The highest BCUT2D eigenvalue weighted by molar-refractivity contribution is 9.10. The lowest BCUT2D eigenvalue weighted by molar-refractivity contribution is 0.415. The highest BCUT2D eigenvalue weighted by Crippen LogP contribution is 2.29. The van der Waals surface area contributed by atoms with Crippen molar-refractivity contribution < 1.29 is 4.74 Å². The van der Waals surface area contributed by atoms with Gasteiger partial charge < -0.3 is 4.74 Å². The van der Waals surface area contributed by atoms with Crippen molar-refractivity contribution in [3.8, 4) is 22.8 Å². The van der Waals surface area contributed by atoms with Gasteiger partial charge in [-0.05, 0) is 60.7 Å². The lowest BCUT2D eigenvalue weighted by Crippen LogP contribution is -1.99. The fourth-order valence-electron chi connectivity index (χ4n) is 3.23. The third-order valence-corrected chi connectivity index (χ3v) is 5.13. The molecule has 5 aromatic rings. The number of imidazole rings is 1. The normalized spacial score (nSPS) is 11.2. The van der Waals surface area contributed by atoms with Gasteiger partial charge in [0.2, 0.25) is 0 Å². The van der Waals surface area contributed by atoms with E-state index in [1.165, 1.54) is 0 Å². The average molecular weight is 431 g/mol. The summed E-state index contributed by atoms with van der Waals surface area (Å²) in [6.45, 7) is 0. The molecular weight excluding hydrogens is 416 g/mol. The molecule has 0 aliphatic heterocycles. The van der Waals surface area contributed by atoms with Gasteiger partial charge in [0.05, 0.1) is 18.1 Å². The van der Waals surface area contributed by atoms with Gasteiger partial charge in [0.25, 0.3) is 0 Å². The molecule has 136 valence electrons. The quantitative estimate of drug-likeness (QED) is 0.384. The maximum atomic E-state index is 5.29. The zero-order valence-corrected chi connectivity index (χ0v) is 16.6. The largest absolute Gasteiger partial charge is 0.497 e. The molecule has 0 aliphatic rings. The second-order valence-corrected chi connectivity index (χ2v) is 7.25. The first-order valence-corrected chi connectivity index (χ1v) is 9.58. The molecule has 6 heteroatoms. The second kappa shape index (κ2) is 6.73. The highest BCUT2D eigenvalue weighted by Gasteiger charge is 2.17. The Kier molecular flexibility index (Phi) is 4.06. The van der Waals surface area contributed by atoms with E-state index in [2.05, 4.69) is 15.9 Å². The topological polar surface area (TPSA) is 52.8 Å². The summed E-state index contributed by atoms with van der Waals surface area (Å²) in [7, 11) is 1.66. The summed E-state index contributed by atoms with van der Waals surface area (Å²) in [5, 5.41) is 0. The van der Waals surface area contributed by atoms with Crippen LogP contribution < -0.4 is 4.74 Å². The van der Waals surface area contributed by atoms with Gasteiger partial charge in [-0.25, -0.2) is 15.0 Å². The summed E-state index contributed by atoms with van der Waals surface area (Å²) in [5.41, 5.74) is 4.96. The molecule has 2 aromatic heterocycles. The molecule has 5 rings (SSSR count). The Morgan fingerprint density at radius 1 is 0.786 bits per heavy atom. The molecule has 0 spiro atoms. The maximum Gasteiger partial charge on any atom is 0.199 e. The van der Waals surface area contributed by atoms with Crippen LogP contribution in [0.15, 0.2) is 77.3 Å². The smallest absolute Gasteiger partial charge is 0.199 e. The Bertz CT molecular complexity index is 1290. The number of hydrogen-bond donors (Lipinski definition) is 0. The summed E-state index contributed by atoms with van der Waals surface area (Å²) in [6, 6.07) is 23.8. The molecule has 0 N–H and O–H groups in total. The number of hydrogen-bond acceptors (Lipinski definition) is 4. The SMILES string of the molecule is COc1ccc(-c2nc3nc4ccccc4nc3n2-c2ccc(Br)cc2)cc1. The van der Waals surface area contributed by atoms with E-state index >= 15 is 0 Å². The Morgan fingerprint density at radius 2 is 1.46 bits per heavy atom. The Hall–Kier alpha value is -3.25. The van der Waals surface area contributed by atoms with Crippen molar-refractivity contribution >= 4 is 38.3 Å². The van der Waals surface area contributed by atoms with Crippen LogP contribution >= 0.6 is 15.9 Å². The van der Waals surface area contributed by atoms with Crippen molar-refractivity contribution in [1.82, 2.24) is 19.5 Å². The number of para-hydroxylation sites is 2. The first-order valence-electron chi connectivity index (χ1n) is 8.78. The Balaban J connectivity index is 1.82. The van der Waals surface area contributed by atoms with E-state index in [4.69, 9.17) is 19.7 Å². The Morgan fingerprint density at radius 3 is 2.14 bits per heavy atom. The van der Waals surface area contributed by atoms with Crippen LogP contribution in [0.1, 0.15) is 0 Å². The summed E-state index contributed by atoms with van der Waals surface area (Å²) >= 11 is 3.50. The molecule has 0 amide bonds. The van der Waals surface area contributed by atoms with Gasteiger partial charge >= 0.3 is 0 Å². The minimum Gasteiger partial charge on any atom is -0.497 e. The molecular formula is C22H15BrN4O. The number of ether oxygens (including phenoxy) is 1. The number of benzene rings is 3. The number of halogens is 1. The van der Waals surface area contributed by atoms with Crippen LogP contribution in [0.2, 0.25) is 0 Å². The predicted octanol–water partition coefficient (Wildman–Crippen LogP) is 5.41. The van der Waals surface area contributed by atoms with Gasteiger partial charge in [0, 0.05) is 15.7 Å². The first-order chi connectivity index (χ1) is 13.7. The van der Waals surface area contributed by atoms with Crippen molar-refractivity contribution in [1.29, 1.82) is 0 Å². The zero-order valence-electron chi connectivity index (χ0n) is 15.0. The monoisotopic (exact) mass is 430 g/mol. The molecule has 5 nitrogen and oxygen atoms in total. The summed E-state index contributed by atoms with van der Waals surface area (Å²) in [6.07, 6.45) is 0. The Labute approximate surface area is 169 Å². The molecule has 0 aliphatic carbocycles. The van der Waals surface area contributed by atoms with Crippen molar-refractivity contribution in [3.63, 3.8) is 0 Å². The van der Waals surface area contributed by atoms with Crippen LogP contribution in [-0.2, 0) is 0 Å². The van der Waals surface area contributed by atoms with E-state index < -0.39 is 0 Å². The van der Waals surface area contributed by atoms with Crippen LogP contribution in [-0.4, -0.2) is 26.6 Å². The third-order valence-electron chi connectivity index (χ3n) is 4.60. The number of rotatable bonds is 3. The first kappa shape index (κ1) is 16.9. The van der Waals surface area contributed by atoms with Gasteiger partial charge in [-0.3, -0.25) is 4.57 Å². The minimum absolute atomic E-state index is 0.618. The predicted molar refractivity (Wildman–Crippen MR) is 114 cm³/mol. The lowest BCUT2D eigenvalue weighted by atomic mass is 10.2. The number of methoxy groups -OCH3 is 1.